The summed E-state index contributed by atoms with van der Waals surface area (Å²) in [7, 11) is -2.00. The molecule has 32 heavy (non-hydrogen) atoms. The fraction of sp³-hybridized carbons (Fsp3) is 0.350. The predicted molar refractivity (Wildman–Crippen MR) is 121 cm³/mol. The number of rotatable bonds is 14. The van der Waals surface area contributed by atoms with E-state index in [1.54, 1.807) is 19.2 Å². The van der Waals surface area contributed by atoms with E-state index in [-0.39, 0.29) is 19.0 Å². The Hall–Kier alpha value is -2.65. The second-order valence-corrected chi connectivity index (χ2v) is 9.23. The number of nitrogens with one attached hydrogen (secondary N) is 1. The van der Waals surface area contributed by atoms with E-state index in [9.17, 15) is 19.5 Å². The Balaban J connectivity index is 2.14. The van der Waals surface area contributed by atoms with Gasteiger partial charge >= 0.3 is 19.5 Å². The van der Waals surface area contributed by atoms with Crippen LogP contribution in [0.2, 0.25) is 0 Å². The van der Waals surface area contributed by atoms with Gasteiger partial charge in [0.05, 0.1) is 11.6 Å². The summed E-state index contributed by atoms with van der Waals surface area (Å²) in [6, 6.07) is 8.80. The molecule has 12 heteroatoms. The van der Waals surface area contributed by atoms with Gasteiger partial charge in [0.1, 0.15) is 23.9 Å². The molecule has 0 spiro atoms. The van der Waals surface area contributed by atoms with Crippen LogP contribution in [-0.2, 0) is 20.4 Å². The van der Waals surface area contributed by atoms with E-state index >= 15 is 0 Å². The first-order valence-corrected chi connectivity index (χ1v) is 11.8. The van der Waals surface area contributed by atoms with Crippen molar-refractivity contribution in [2.75, 3.05) is 31.2 Å². The summed E-state index contributed by atoms with van der Waals surface area (Å²) in [5.74, 6) is -0.297. The number of nitrogens with zero attached hydrogens (tertiary/aromatic N) is 2. The highest BCUT2D eigenvalue weighted by Crippen LogP contribution is 2.50. The molecule has 0 saturated carbocycles. The minimum absolute atomic E-state index is 0.0971. The number of furan rings is 1. The molecule has 0 amide bonds. The average Bonchev–Trinajstić information content (AvgIpc) is 3.26. The summed E-state index contributed by atoms with van der Waals surface area (Å²) in [5.41, 5.74) is 0.773. The largest absolute Gasteiger partial charge is 0.458 e. The lowest BCUT2D eigenvalue weighted by atomic mass is 10.2. The highest BCUT2D eigenvalue weighted by atomic mass is 35.5. The van der Waals surface area contributed by atoms with Crippen molar-refractivity contribution in [1.29, 1.82) is 0 Å². The molecule has 0 saturated heterocycles. The third kappa shape index (κ3) is 7.49. The molecule has 0 bridgehead atoms. The second-order valence-electron chi connectivity index (χ2n) is 6.64. The molecule has 1 aromatic heterocycles. The number of carbonyl (C=O) groups is 1. The van der Waals surface area contributed by atoms with Crippen LogP contribution < -0.4 is 5.09 Å². The molecule has 2 aromatic rings. The Labute approximate surface area is 190 Å². The van der Waals surface area contributed by atoms with E-state index in [1.807, 2.05) is 0 Å². The number of anilines is 1. The highest BCUT2D eigenvalue weighted by molar-refractivity contribution is 7.58. The lowest BCUT2D eigenvalue weighted by Gasteiger charge is -2.28. The molecule has 1 heterocycles. The number of benzene rings is 1. The molecule has 0 radical (unpaired) electrons. The first-order valence-electron chi connectivity index (χ1n) is 9.70. The van der Waals surface area contributed by atoms with Crippen molar-refractivity contribution < 1.29 is 28.0 Å². The number of hydrogen-bond donors (Lipinski definition) is 1. The topological polar surface area (TPSA) is 124 Å². The molecule has 0 aliphatic heterocycles. The maximum Gasteiger partial charge on any atom is 0.433 e. The predicted octanol–water partition coefficient (Wildman–Crippen LogP) is 5.22. The minimum atomic E-state index is -3.63. The average molecular weight is 486 g/mol. The van der Waals surface area contributed by atoms with Crippen LogP contribution in [0.1, 0.15) is 29.0 Å². The molecule has 1 N–H and O–H groups in total. The van der Waals surface area contributed by atoms with E-state index in [1.165, 1.54) is 35.0 Å². The van der Waals surface area contributed by atoms with E-state index in [4.69, 9.17) is 25.3 Å². The van der Waals surface area contributed by atoms with Gasteiger partial charge in [-0.05, 0) is 50.2 Å². The number of esters is 1. The molecule has 0 aliphatic carbocycles. The summed E-state index contributed by atoms with van der Waals surface area (Å²) < 4.78 is 30.9. The summed E-state index contributed by atoms with van der Waals surface area (Å²) in [4.78, 5) is 22.0. The number of carbonyl (C=O) groups excluding carboxylic acids is 1. The van der Waals surface area contributed by atoms with Crippen molar-refractivity contribution in [3.8, 4) is 0 Å². The molecule has 174 valence electrons. The Kier molecular flexibility index (Phi) is 9.93. The van der Waals surface area contributed by atoms with Gasteiger partial charge in [-0.25, -0.2) is 14.0 Å². The van der Waals surface area contributed by atoms with Gasteiger partial charge in [-0.15, -0.1) is 11.6 Å². The van der Waals surface area contributed by atoms with E-state index in [0.29, 0.717) is 30.1 Å². The summed E-state index contributed by atoms with van der Waals surface area (Å²) >= 11 is 5.73. The number of ether oxygens (including phenoxy) is 1. The summed E-state index contributed by atoms with van der Waals surface area (Å²) in [6.45, 7) is 3.77. The zero-order valence-corrected chi connectivity index (χ0v) is 19.2. The Morgan fingerprint density at radius 1 is 1.31 bits per heavy atom. The number of alkyl halides is 1. The molecular formula is C20H25ClN3O7P. The Morgan fingerprint density at radius 3 is 2.62 bits per heavy atom. The molecule has 1 unspecified atom stereocenters. The maximum atomic E-state index is 13.6. The fourth-order valence-electron chi connectivity index (χ4n) is 2.54. The summed E-state index contributed by atoms with van der Waals surface area (Å²) in [5, 5.41) is 13.7. The molecule has 1 aromatic carbocycles. The van der Waals surface area contributed by atoms with E-state index < -0.39 is 24.4 Å². The quantitative estimate of drug-likeness (QED) is 0.0729. The van der Waals surface area contributed by atoms with Crippen LogP contribution in [0.15, 0.2) is 53.5 Å². The van der Waals surface area contributed by atoms with Gasteiger partial charge in [-0.1, -0.05) is 12.7 Å². The lowest BCUT2D eigenvalue weighted by Crippen LogP contribution is -2.22. The van der Waals surface area contributed by atoms with Crippen molar-refractivity contribution in [1.82, 2.24) is 4.67 Å². The van der Waals surface area contributed by atoms with Crippen molar-refractivity contribution in [2.24, 2.45) is 0 Å². The molecular weight excluding hydrogens is 461 g/mol. The Morgan fingerprint density at radius 2 is 2.03 bits per heavy atom. The number of nitro groups is 1. The summed E-state index contributed by atoms with van der Waals surface area (Å²) in [6.07, 6.45) is 2.89. The highest BCUT2D eigenvalue weighted by Gasteiger charge is 2.30. The van der Waals surface area contributed by atoms with E-state index in [2.05, 4.69) is 11.7 Å². The SMILES string of the molecule is C=CCOC(=O)c1ccc(NP(=O)(OCc2ccc([N+](=O)[O-])o2)N(C)CCCCCl)cc1. The van der Waals surface area contributed by atoms with E-state index in [0.717, 1.165) is 6.42 Å². The molecule has 1 atom stereocenters. The minimum Gasteiger partial charge on any atom is -0.458 e. The van der Waals surface area contributed by atoms with Gasteiger partial charge in [-0.3, -0.25) is 14.6 Å². The monoisotopic (exact) mass is 485 g/mol. The van der Waals surface area contributed by atoms with Crippen LogP contribution >= 0.6 is 19.3 Å². The normalized spacial score (nSPS) is 12.8. The van der Waals surface area contributed by atoms with Crippen LogP contribution in [0.4, 0.5) is 11.6 Å². The lowest BCUT2D eigenvalue weighted by molar-refractivity contribution is -0.402. The van der Waals surface area contributed by atoms with Crippen molar-refractivity contribution in [2.45, 2.75) is 19.4 Å². The van der Waals surface area contributed by atoms with Crippen molar-refractivity contribution in [3.63, 3.8) is 0 Å². The number of hydrogen-bond acceptors (Lipinski definition) is 7. The van der Waals surface area contributed by atoms with Gasteiger partial charge < -0.3 is 14.2 Å². The smallest absolute Gasteiger partial charge is 0.433 e. The van der Waals surface area contributed by atoms with Gasteiger partial charge in [0.15, 0.2) is 0 Å². The Bertz CT molecular complexity index is 964. The molecule has 0 fully saturated rings. The zero-order valence-electron chi connectivity index (χ0n) is 17.6. The van der Waals surface area contributed by atoms with Crippen LogP contribution in [0, 0.1) is 10.1 Å². The van der Waals surface area contributed by atoms with Crippen molar-refractivity contribution in [3.05, 3.63) is 70.5 Å². The maximum absolute atomic E-state index is 13.6. The third-order valence-electron chi connectivity index (χ3n) is 4.25. The van der Waals surface area contributed by atoms with Gasteiger partial charge in [-0.2, -0.15) is 0 Å². The van der Waals surface area contributed by atoms with Crippen LogP contribution in [0.3, 0.4) is 0 Å². The fourth-order valence-corrected chi connectivity index (χ4v) is 4.34. The third-order valence-corrected chi connectivity index (χ3v) is 6.63. The zero-order chi connectivity index (χ0) is 23.6. The van der Waals surface area contributed by atoms with Crippen molar-refractivity contribution >= 4 is 36.8 Å². The van der Waals surface area contributed by atoms with Gasteiger partial charge in [0, 0.05) is 18.1 Å². The number of halogens is 1. The molecule has 10 nitrogen and oxygen atoms in total. The molecule has 0 aliphatic rings. The van der Waals surface area contributed by atoms with Crippen LogP contribution in [-0.4, -0.2) is 41.6 Å². The van der Waals surface area contributed by atoms with Gasteiger partial charge in [0.2, 0.25) is 0 Å². The first kappa shape index (κ1) is 25.6. The van der Waals surface area contributed by atoms with Crippen LogP contribution in [0.25, 0.3) is 0 Å². The van der Waals surface area contributed by atoms with Gasteiger partial charge in [0.25, 0.3) is 0 Å². The standard InChI is InChI=1S/C20H25ClN3O7P/c1-3-14-29-20(25)16-6-8-17(9-7-16)22-32(28,23(2)13-5-4-12-21)30-15-18-10-11-19(31-18)24(26)27/h3,6-11H,1,4-5,12-15H2,2H3,(H,22,28). The first-order chi connectivity index (χ1) is 15.3. The number of unbranched alkanes of at least 4 members (excludes halogenated alkanes) is 1. The second kappa shape index (κ2) is 12.4. The van der Waals surface area contributed by atoms with Crippen LogP contribution in [0.5, 0.6) is 0 Å². The molecule has 2 rings (SSSR count).